The van der Waals surface area contributed by atoms with Crippen molar-refractivity contribution in [1.82, 2.24) is 5.43 Å². The van der Waals surface area contributed by atoms with Gasteiger partial charge in [-0.3, -0.25) is 4.79 Å². The number of rotatable bonds is 6. The largest absolute Gasteiger partial charge is 0.271 e. The van der Waals surface area contributed by atoms with E-state index in [4.69, 9.17) is 0 Å². The third-order valence-electron chi connectivity index (χ3n) is 3.95. The van der Waals surface area contributed by atoms with Crippen LogP contribution in [-0.2, 0) is 5.75 Å². The normalized spacial score (nSPS) is 11.3. The van der Waals surface area contributed by atoms with Gasteiger partial charge < -0.3 is 0 Å². The molecular formula is C22H19FN2OS. The predicted octanol–water partition coefficient (Wildman–Crippen LogP) is 5.27. The number of thioether (sulfide) groups is 1. The molecule has 3 rings (SSSR count). The van der Waals surface area contributed by atoms with E-state index in [0.717, 1.165) is 16.9 Å². The third-order valence-corrected chi connectivity index (χ3v) is 5.04. The highest BCUT2D eigenvalue weighted by molar-refractivity contribution is 7.98. The molecule has 3 nitrogen and oxygen atoms in total. The Labute approximate surface area is 162 Å². The number of benzene rings is 3. The summed E-state index contributed by atoms with van der Waals surface area (Å²) in [6.07, 6.45) is 0. The molecule has 3 aromatic rings. The highest BCUT2D eigenvalue weighted by Crippen LogP contribution is 2.22. The summed E-state index contributed by atoms with van der Waals surface area (Å²) in [7, 11) is 0. The SMILES string of the molecule is C/C(=N/NC(=O)c1ccc(CSc2ccccc2)cc1)c1ccc(F)cc1. The topological polar surface area (TPSA) is 41.5 Å². The first kappa shape index (κ1) is 18.9. The number of halogens is 1. The molecule has 0 heterocycles. The van der Waals surface area contributed by atoms with Gasteiger partial charge in [0.15, 0.2) is 0 Å². The quantitative estimate of drug-likeness (QED) is 0.361. The lowest BCUT2D eigenvalue weighted by atomic mass is 10.1. The lowest BCUT2D eigenvalue weighted by Crippen LogP contribution is -2.19. The first-order chi connectivity index (χ1) is 13.1. The van der Waals surface area contributed by atoms with Gasteiger partial charge in [-0.2, -0.15) is 5.10 Å². The van der Waals surface area contributed by atoms with Gasteiger partial charge in [0.05, 0.1) is 5.71 Å². The van der Waals surface area contributed by atoms with Crippen LogP contribution in [0.3, 0.4) is 0 Å². The van der Waals surface area contributed by atoms with Crippen LogP contribution in [0.25, 0.3) is 0 Å². The lowest BCUT2D eigenvalue weighted by molar-refractivity contribution is 0.0955. The molecule has 0 aliphatic heterocycles. The van der Waals surface area contributed by atoms with Crippen molar-refractivity contribution in [1.29, 1.82) is 0 Å². The number of nitrogens with zero attached hydrogens (tertiary/aromatic N) is 1. The van der Waals surface area contributed by atoms with E-state index in [-0.39, 0.29) is 11.7 Å². The maximum absolute atomic E-state index is 13.0. The van der Waals surface area contributed by atoms with Crippen molar-refractivity contribution in [3.8, 4) is 0 Å². The molecule has 1 amide bonds. The van der Waals surface area contributed by atoms with Gasteiger partial charge >= 0.3 is 0 Å². The van der Waals surface area contributed by atoms with E-state index in [1.165, 1.54) is 17.0 Å². The number of nitrogens with one attached hydrogen (secondary N) is 1. The van der Waals surface area contributed by atoms with Gasteiger partial charge in [-0.15, -0.1) is 11.8 Å². The average Bonchev–Trinajstić information content (AvgIpc) is 2.72. The van der Waals surface area contributed by atoms with Crippen LogP contribution < -0.4 is 5.43 Å². The van der Waals surface area contributed by atoms with Crippen LogP contribution >= 0.6 is 11.8 Å². The van der Waals surface area contributed by atoms with Crippen LogP contribution in [0, 0.1) is 5.82 Å². The van der Waals surface area contributed by atoms with Gasteiger partial charge in [-0.05, 0) is 54.4 Å². The summed E-state index contributed by atoms with van der Waals surface area (Å²) < 4.78 is 13.0. The third kappa shape index (κ3) is 5.53. The second-order valence-corrected chi connectivity index (χ2v) is 6.99. The standard InChI is InChI=1S/C22H19FN2OS/c1-16(18-11-13-20(23)14-12-18)24-25-22(26)19-9-7-17(8-10-19)15-27-21-5-3-2-4-6-21/h2-14H,15H2,1H3,(H,25,26)/b24-16-. The molecule has 0 bridgehead atoms. The molecule has 136 valence electrons. The molecule has 0 saturated heterocycles. The second kappa shape index (κ2) is 9.14. The Kier molecular flexibility index (Phi) is 6.39. The van der Waals surface area contributed by atoms with Crippen LogP contribution in [0.2, 0.25) is 0 Å². The van der Waals surface area contributed by atoms with Gasteiger partial charge in [0.2, 0.25) is 0 Å². The molecule has 0 unspecified atom stereocenters. The highest BCUT2D eigenvalue weighted by atomic mass is 32.2. The van der Waals surface area contributed by atoms with Crippen LogP contribution in [0.4, 0.5) is 4.39 Å². The number of carbonyl (C=O) groups excluding carboxylic acids is 1. The van der Waals surface area contributed by atoms with Gasteiger partial charge in [0, 0.05) is 16.2 Å². The smallest absolute Gasteiger partial charge is 0.267 e. The summed E-state index contributed by atoms with van der Waals surface area (Å²) in [6, 6.07) is 23.6. The summed E-state index contributed by atoms with van der Waals surface area (Å²) in [5.41, 5.74) is 5.59. The Bertz CT molecular complexity index is 923. The van der Waals surface area contributed by atoms with Gasteiger partial charge in [0.25, 0.3) is 5.91 Å². The molecule has 3 aromatic carbocycles. The Morgan fingerprint density at radius 3 is 2.22 bits per heavy atom. The fourth-order valence-corrected chi connectivity index (χ4v) is 3.27. The number of carbonyl (C=O) groups is 1. The Hall–Kier alpha value is -2.92. The molecule has 0 fully saturated rings. The van der Waals surface area contributed by atoms with Crippen LogP contribution in [0.1, 0.15) is 28.4 Å². The molecule has 0 aliphatic rings. The van der Waals surface area contributed by atoms with E-state index in [1.807, 2.05) is 30.3 Å². The molecule has 27 heavy (non-hydrogen) atoms. The zero-order valence-electron chi connectivity index (χ0n) is 14.9. The summed E-state index contributed by atoms with van der Waals surface area (Å²) in [5.74, 6) is 0.258. The van der Waals surface area contributed by atoms with Crippen molar-refractivity contribution in [3.63, 3.8) is 0 Å². The van der Waals surface area contributed by atoms with Crippen molar-refractivity contribution in [2.24, 2.45) is 5.10 Å². The van der Waals surface area contributed by atoms with Crippen LogP contribution in [-0.4, -0.2) is 11.6 Å². The zero-order chi connectivity index (χ0) is 19.1. The molecule has 0 saturated carbocycles. The number of hydrazone groups is 1. The summed E-state index contributed by atoms with van der Waals surface area (Å²) in [6.45, 7) is 1.76. The van der Waals surface area contributed by atoms with Crippen LogP contribution in [0.15, 0.2) is 88.9 Å². The summed E-state index contributed by atoms with van der Waals surface area (Å²) >= 11 is 1.75. The van der Waals surface area contributed by atoms with E-state index in [9.17, 15) is 9.18 Å². The monoisotopic (exact) mass is 378 g/mol. The highest BCUT2D eigenvalue weighted by Gasteiger charge is 2.06. The first-order valence-corrected chi connectivity index (χ1v) is 9.48. The number of hydrogen-bond donors (Lipinski definition) is 1. The first-order valence-electron chi connectivity index (χ1n) is 8.49. The summed E-state index contributed by atoms with van der Waals surface area (Å²) in [4.78, 5) is 13.5. The summed E-state index contributed by atoms with van der Waals surface area (Å²) in [5, 5.41) is 4.09. The van der Waals surface area contributed by atoms with Gasteiger partial charge in [-0.25, -0.2) is 9.82 Å². The maximum Gasteiger partial charge on any atom is 0.271 e. The maximum atomic E-state index is 13.0. The molecular weight excluding hydrogens is 359 g/mol. The predicted molar refractivity (Wildman–Crippen MR) is 109 cm³/mol. The Morgan fingerprint density at radius 1 is 0.926 bits per heavy atom. The van der Waals surface area contributed by atoms with Crippen LogP contribution in [0.5, 0.6) is 0 Å². The molecule has 0 aromatic heterocycles. The van der Waals surface area contributed by atoms with Gasteiger partial charge in [-0.1, -0.05) is 42.5 Å². The minimum absolute atomic E-state index is 0.279. The minimum Gasteiger partial charge on any atom is -0.267 e. The van der Waals surface area contributed by atoms with E-state index >= 15 is 0 Å². The Balaban J connectivity index is 1.57. The number of hydrogen-bond acceptors (Lipinski definition) is 3. The van der Waals surface area contributed by atoms with Crippen molar-refractivity contribution in [2.75, 3.05) is 0 Å². The molecule has 0 atom stereocenters. The van der Waals surface area contributed by atoms with E-state index in [0.29, 0.717) is 11.3 Å². The van der Waals surface area contributed by atoms with Crippen molar-refractivity contribution in [3.05, 3.63) is 101 Å². The average molecular weight is 378 g/mol. The number of amides is 1. The van der Waals surface area contributed by atoms with E-state index in [1.54, 1.807) is 43.0 Å². The zero-order valence-corrected chi connectivity index (χ0v) is 15.7. The molecule has 5 heteroatoms. The van der Waals surface area contributed by atoms with E-state index in [2.05, 4.69) is 22.7 Å². The molecule has 0 spiro atoms. The minimum atomic E-state index is -0.305. The molecule has 0 radical (unpaired) electrons. The molecule has 1 N–H and O–H groups in total. The fraction of sp³-hybridized carbons (Fsp3) is 0.0909. The fourth-order valence-electron chi connectivity index (χ4n) is 2.39. The van der Waals surface area contributed by atoms with Crippen molar-refractivity contribution < 1.29 is 9.18 Å². The Morgan fingerprint density at radius 2 is 1.56 bits per heavy atom. The second-order valence-electron chi connectivity index (χ2n) is 5.94. The van der Waals surface area contributed by atoms with Crippen molar-refractivity contribution >= 4 is 23.4 Å². The lowest BCUT2D eigenvalue weighted by Gasteiger charge is -2.05. The van der Waals surface area contributed by atoms with Crippen molar-refractivity contribution in [2.45, 2.75) is 17.6 Å². The molecule has 0 aliphatic carbocycles. The van der Waals surface area contributed by atoms with Gasteiger partial charge in [0.1, 0.15) is 5.82 Å². The van der Waals surface area contributed by atoms with E-state index < -0.39 is 0 Å².